The van der Waals surface area contributed by atoms with E-state index in [-0.39, 0.29) is 6.42 Å². The minimum atomic E-state index is -1.14. The highest BCUT2D eigenvalue weighted by atomic mass is 16.5. The minimum absolute atomic E-state index is 0.124. The smallest absolute Gasteiger partial charge is 0.336 e. The number of H-pyrrole nitrogens is 1. The molecule has 1 amide bonds. The number of aromatic amines is 1. The summed E-state index contributed by atoms with van der Waals surface area (Å²) in [6.07, 6.45) is 2.54. The standard InChI is InChI=1S/C26H26N2O6/c1-3-6-16-12-24(29)34-23-13-18(9-10-20(16)23)33-15(2)25(30)28-22(26(31)32)11-17-14-27-21-8-5-4-7-19(17)21/h4-5,7-10,12-15,22,27H,3,6,11H2,1-2H3,(H,28,30)(H,31,32)/t15-,22+/m1/s1. The fourth-order valence-corrected chi connectivity index (χ4v) is 4.03. The lowest BCUT2D eigenvalue weighted by Crippen LogP contribution is -2.47. The van der Waals surface area contributed by atoms with Crippen molar-refractivity contribution in [1.82, 2.24) is 10.3 Å². The van der Waals surface area contributed by atoms with Crippen molar-refractivity contribution in [3.05, 3.63) is 76.3 Å². The van der Waals surface area contributed by atoms with Crippen molar-refractivity contribution >= 4 is 33.7 Å². The van der Waals surface area contributed by atoms with Crippen LogP contribution in [0.3, 0.4) is 0 Å². The maximum Gasteiger partial charge on any atom is 0.336 e. The second-order valence-electron chi connectivity index (χ2n) is 8.22. The number of ether oxygens (including phenoxy) is 1. The van der Waals surface area contributed by atoms with E-state index >= 15 is 0 Å². The van der Waals surface area contributed by atoms with Crippen molar-refractivity contribution in [2.75, 3.05) is 0 Å². The first kappa shape index (κ1) is 23.1. The summed E-state index contributed by atoms with van der Waals surface area (Å²) in [5.74, 6) is -1.36. The third kappa shape index (κ3) is 4.96. The van der Waals surface area contributed by atoms with Gasteiger partial charge in [-0.15, -0.1) is 0 Å². The molecule has 176 valence electrons. The van der Waals surface area contributed by atoms with Crippen molar-refractivity contribution in [3.8, 4) is 5.75 Å². The van der Waals surface area contributed by atoms with Gasteiger partial charge in [0.1, 0.15) is 17.4 Å². The second kappa shape index (κ2) is 9.82. The molecule has 4 rings (SSSR count). The van der Waals surface area contributed by atoms with Crippen molar-refractivity contribution in [3.63, 3.8) is 0 Å². The summed E-state index contributed by atoms with van der Waals surface area (Å²) in [7, 11) is 0. The highest BCUT2D eigenvalue weighted by Crippen LogP contribution is 2.24. The Kier molecular flexibility index (Phi) is 6.67. The summed E-state index contributed by atoms with van der Waals surface area (Å²) in [4.78, 5) is 39.6. The van der Waals surface area contributed by atoms with Crippen LogP contribution in [0, 0.1) is 0 Å². The molecule has 0 radical (unpaired) electrons. The van der Waals surface area contributed by atoms with E-state index in [1.165, 1.54) is 13.0 Å². The van der Waals surface area contributed by atoms with Gasteiger partial charge >= 0.3 is 11.6 Å². The van der Waals surface area contributed by atoms with Crippen LogP contribution >= 0.6 is 0 Å². The van der Waals surface area contributed by atoms with E-state index in [1.54, 1.807) is 24.4 Å². The highest BCUT2D eigenvalue weighted by Gasteiger charge is 2.25. The highest BCUT2D eigenvalue weighted by molar-refractivity contribution is 5.88. The second-order valence-corrected chi connectivity index (χ2v) is 8.22. The van der Waals surface area contributed by atoms with E-state index in [9.17, 15) is 19.5 Å². The fraction of sp³-hybridized carbons (Fsp3) is 0.269. The van der Waals surface area contributed by atoms with Crippen LogP contribution < -0.4 is 15.7 Å². The molecule has 8 heteroatoms. The zero-order valence-electron chi connectivity index (χ0n) is 19.0. The first-order valence-corrected chi connectivity index (χ1v) is 11.2. The van der Waals surface area contributed by atoms with Gasteiger partial charge in [-0.2, -0.15) is 0 Å². The molecular formula is C26H26N2O6. The van der Waals surface area contributed by atoms with Crippen molar-refractivity contribution < 1.29 is 23.8 Å². The number of aromatic nitrogens is 1. The Bertz CT molecular complexity index is 1400. The summed E-state index contributed by atoms with van der Waals surface area (Å²) in [6, 6.07) is 13.0. The Morgan fingerprint density at radius 1 is 1.12 bits per heavy atom. The monoisotopic (exact) mass is 462 g/mol. The summed E-state index contributed by atoms with van der Waals surface area (Å²) in [6.45, 7) is 3.56. The molecule has 2 aromatic carbocycles. The van der Waals surface area contributed by atoms with Crippen molar-refractivity contribution in [2.45, 2.75) is 45.3 Å². The lowest BCUT2D eigenvalue weighted by Gasteiger charge is -2.19. The van der Waals surface area contributed by atoms with Crippen LogP contribution in [0.1, 0.15) is 31.4 Å². The molecular weight excluding hydrogens is 436 g/mol. The van der Waals surface area contributed by atoms with Gasteiger partial charge in [0.15, 0.2) is 6.10 Å². The molecule has 0 aliphatic carbocycles. The van der Waals surface area contributed by atoms with Gasteiger partial charge in [-0.05, 0) is 42.7 Å². The number of benzene rings is 2. The average molecular weight is 463 g/mol. The Balaban J connectivity index is 1.47. The molecule has 2 atom stereocenters. The largest absolute Gasteiger partial charge is 0.481 e. The SMILES string of the molecule is CCCc1cc(=O)oc2cc(O[C@H](C)C(=O)N[C@@H](Cc3c[nH]c4ccccc34)C(=O)O)ccc12. The van der Waals surface area contributed by atoms with Gasteiger partial charge in [-0.25, -0.2) is 9.59 Å². The molecule has 0 fully saturated rings. The van der Waals surface area contributed by atoms with Crippen LogP contribution in [0.25, 0.3) is 21.9 Å². The number of aryl methyl sites for hydroxylation is 1. The van der Waals surface area contributed by atoms with Crippen LogP contribution in [0.15, 0.2) is 63.9 Å². The topological polar surface area (TPSA) is 122 Å². The number of nitrogens with one attached hydrogen (secondary N) is 2. The Morgan fingerprint density at radius 3 is 2.68 bits per heavy atom. The van der Waals surface area contributed by atoms with Crippen molar-refractivity contribution in [1.29, 1.82) is 0 Å². The van der Waals surface area contributed by atoms with Gasteiger partial charge in [-0.3, -0.25) is 4.79 Å². The number of carbonyl (C=O) groups excluding carboxylic acids is 1. The number of hydrogen-bond acceptors (Lipinski definition) is 5. The molecule has 0 saturated carbocycles. The molecule has 34 heavy (non-hydrogen) atoms. The van der Waals surface area contributed by atoms with Gasteiger partial charge < -0.3 is 24.6 Å². The fourth-order valence-electron chi connectivity index (χ4n) is 4.03. The number of rotatable bonds is 9. The first-order chi connectivity index (χ1) is 16.4. The van der Waals surface area contributed by atoms with Gasteiger partial charge in [0.05, 0.1) is 0 Å². The summed E-state index contributed by atoms with van der Waals surface area (Å²) >= 11 is 0. The summed E-state index contributed by atoms with van der Waals surface area (Å²) in [5, 5.41) is 14.0. The van der Waals surface area contributed by atoms with E-state index in [0.29, 0.717) is 11.3 Å². The normalized spacial score (nSPS) is 13.0. The molecule has 0 aliphatic rings. The molecule has 0 unspecified atom stereocenters. The van der Waals surface area contributed by atoms with Crippen LogP contribution in [0.5, 0.6) is 5.75 Å². The van der Waals surface area contributed by atoms with E-state index < -0.39 is 29.6 Å². The molecule has 2 heterocycles. The number of fused-ring (bicyclic) bond motifs is 2. The van der Waals surface area contributed by atoms with E-state index in [1.807, 2.05) is 31.2 Å². The lowest BCUT2D eigenvalue weighted by molar-refractivity contribution is -0.142. The molecule has 0 bridgehead atoms. The van der Waals surface area contributed by atoms with Crippen LogP contribution in [0.4, 0.5) is 0 Å². The molecule has 3 N–H and O–H groups in total. The summed E-state index contributed by atoms with van der Waals surface area (Å²) < 4.78 is 11.0. The number of aliphatic carboxylic acids is 1. The van der Waals surface area contributed by atoms with Crippen LogP contribution in [-0.2, 0) is 22.4 Å². The summed E-state index contributed by atoms with van der Waals surface area (Å²) in [5.41, 5.74) is 2.52. The predicted octanol–water partition coefficient (Wildman–Crippen LogP) is 3.81. The average Bonchev–Trinajstić information content (AvgIpc) is 3.21. The van der Waals surface area contributed by atoms with Crippen LogP contribution in [-0.4, -0.2) is 34.1 Å². The number of carbonyl (C=O) groups is 2. The molecule has 4 aromatic rings. The Morgan fingerprint density at radius 2 is 1.91 bits per heavy atom. The van der Waals surface area contributed by atoms with E-state index in [0.717, 1.165) is 40.3 Å². The molecule has 0 spiro atoms. The van der Waals surface area contributed by atoms with Gasteiger partial charge in [0, 0.05) is 41.0 Å². The minimum Gasteiger partial charge on any atom is -0.481 e. The molecule has 0 aliphatic heterocycles. The predicted molar refractivity (Wildman–Crippen MR) is 128 cm³/mol. The number of para-hydroxylation sites is 1. The number of carboxylic acids is 1. The third-order valence-electron chi connectivity index (χ3n) is 5.72. The van der Waals surface area contributed by atoms with E-state index in [4.69, 9.17) is 9.15 Å². The lowest BCUT2D eigenvalue weighted by atomic mass is 10.0. The number of hydrogen-bond donors (Lipinski definition) is 3. The maximum atomic E-state index is 12.7. The molecule has 2 aromatic heterocycles. The Hall–Kier alpha value is -4.07. The zero-order valence-corrected chi connectivity index (χ0v) is 19.0. The van der Waals surface area contributed by atoms with E-state index in [2.05, 4.69) is 10.3 Å². The van der Waals surface area contributed by atoms with Crippen LogP contribution in [0.2, 0.25) is 0 Å². The number of carboxylic acid groups (broad SMARTS) is 1. The first-order valence-electron chi connectivity index (χ1n) is 11.2. The maximum absolute atomic E-state index is 12.7. The van der Waals surface area contributed by atoms with Gasteiger partial charge in [-0.1, -0.05) is 31.5 Å². The zero-order chi connectivity index (χ0) is 24.2. The number of amides is 1. The van der Waals surface area contributed by atoms with Gasteiger partial charge in [0.2, 0.25) is 0 Å². The quantitative estimate of drug-likeness (QED) is 0.325. The third-order valence-corrected chi connectivity index (χ3v) is 5.72. The van der Waals surface area contributed by atoms with Crippen molar-refractivity contribution in [2.24, 2.45) is 0 Å². The molecule has 8 nitrogen and oxygen atoms in total. The molecule has 0 saturated heterocycles. The van der Waals surface area contributed by atoms with Gasteiger partial charge in [0.25, 0.3) is 5.91 Å². The Labute approximate surface area is 195 Å².